The lowest BCUT2D eigenvalue weighted by Gasteiger charge is -2.40. The summed E-state index contributed by atoms with van der Waals surface area (Å²) in [5.74, 6) is 0.855. The Morgan fingerprint density at radius 2 is 2.06 bits per heavy atom. The van der Waals surface area contributed by atoms with Gasteiger partial charge in [-0.1, -0.05) is 23.5 Å². The molecule has 11 heteroatoms. The molecule has 2 aliphatic heterocycles. The van der Waals surface area contributed by atoms with Crippen molar-refractivity contribution in [1.29, 1.82) is 0 Å². The minimum absolute atomic E-state index is 0.0234. The second kappa shape index (κ2) is 11.3. The number of ketones is 1. The molecule has 36 heavy (non-hydrogen) atoms. The monoisotopic (exact) mass is 509 g/mol. The van der Waals surface area contributed by atoms with Gasteiger partial charge in [0.25, 0.3) is 0 Å². The van der Waals surface area contributed by atoms with Crippen LogP contribution in [0.5, 0.6) is 0 Å². The molecule has 0 unspecified atom stereocenters. The molecule has 2 aromatic heterocycles. The van der Waals surface area contributed by atoms with Gasteiger partial charge in [-0.3, -0.25) is 4.79 Å². The summed E-state index contributed by atoms with van der Waals surface area (Å²) in [4.78, 5) is 17.7. The summed E-state index contributed by atoms with van der Waals surface area (Å²) in [6.45, 7) is 5.78. The average Bonchev–Trinajstić information content (AvgIpc) is 3.52. The smallest absolute Gasteiger partial charge is 0.205 e. The highest BCUT2D eigenvalue weighted by molar-refractivity contribution is 7.15. The first-order valence-electron chi connectivity index (χ1n) is 12.3. The summed E-state index contributed by atoms with van der Waals surface area (Å²) >= 11 is 1.42. The summed E-state index contributed by atoms with van der Waals surface area (Å²) in [5.41, 5.74) is 1.94. The van der Waals surface area contributed by atoms with Crippen LogP contribution in [0.3, 0.4) is 0 Å². The number of carbonyl (C=O) groups excluding carboxylic acids is 1. The Morgan fingerprint density at radius 1 is 1.17 bits per heavy atom. The second-order valence-corrected chi connectivity index (χ2v) is 10.1. The number of benzene rings is 1. The molecule has 0 spiro atoms. The van der Waals surface area contributed by atoms with Crippen LogP contribution in [0.25, 0.3) is 0 Å². The van der Waals surface area contributed by atoms with E-state index in [0.717, 1.165) is 54.8 Å². The van der Waals surface area contributed by atoms with Crippen molar-refractivity contribution in [3.8, 4) is 0 Å². The van der Waals surface area contributed by atoms with Crippen molar-refractivity contribution in [2.45, 2.75) is 38.0 Å². The maximum atomic E-state index is 13.3. The van der Waals surface area contributed by atoms with Crippen molar-refractivity contribution < 1.29 is 14.3 Å². The molecule has 1 N–H and O–H groups in total. The van der Waals surface area contributed by atoms with Gasteiger partial charge < -0.3 is 24.6 Å². The van der Waals surface area contributed by atoms with Crippen molar-refractivity contribution in [1.82, 2.24) is 20.4 Å². The average molecular weight is 510 g/mol. The van der Waals surface area contributed by atoms with Crippen LogP contribution in [0.15, 0.2) is 42.6 Å². The van der Waals surface area contributed by atoms with E-state index in [-0.39, 0.29) is 24.3 Å². The highest BCUT2D eigenvalue weighted by Gasteiger charge is 2.29. The van der Waals surface area contributed by atoms with Crippen molar-refractivity contribution in [3.05, 3.63) is 53.2 Å². The third kappa shape index (κ3) is 5.63. The van der Waals surface area contributed by atoms with E-state index < -0.39 is 6.10 Å². The van der Waals surface area contributed by atoms with E-state index in [0.29, 0.717) is 11.6 Å². The van der Waals surface area contributed by atoms with Crippen LogP contribution >= 0.6 is 11.3 Å². The first-order chi connectivity index (χ1) is 17.6. The van der Waals surface area contributed by atoms with E-state index in [9.17, 15) is 4.79 Å². The van der Waals surface area contributed by atoms with Gasteiger partial charge in [-0.05, 0) is 43.2 Å². The lowest BCUT2D eigenvalue weighted by atomic mass is 10.0. The van der Waals surface area contributed by atoms with Crippen LogP contribution in [0.4, 0.5) is 16.6 Å². The van der Waals surface area contributed by atoms with E-state index in [4.69, 9.17) is 9.47 Å². The van der Waals surface area contributed by atoms with Crippen LogP contribution in [-0.4, -0.2) is 78.2 Å². The Balaban J connectivity index is 1.19. The van der Waals surface area contributed by atoms with Gasteiger partial charge >= 0.3 is 0 Å². The lowest BCUT2D eigenvalue weighted by molar-refractivity contribution is -0.130. The Morgan fingerprint density at radius 3 is 2.83 bits per heavy atom. The number of rotatable bonds is 11. The number of carbonyl (C=O) groups is 1. The van der Waals surface area contributed by atoms with Gasteiger partial charge in [0.05, 0.1) is 12.5 Å². The molecular weight excluding hydrogens is 478 g/mol. The fraction of sp³-hybridized carbons (Fsp3) is 0.480. The Kier molecular flexibility index (Phi) is 7.69. The minimum atomic E-state index is -0.634. The molecule has 2 saturated heterocycles. The second-order valence-electron chi connectivity index (χ2n) is 8.99. The first-order valence-corrected chi connectivity index (χ1v) is 13.1. The molecule has 5 rings (SSSR count). The van der Waals surface area contributed by atoms with E-state index in [2.05, 4.69) is 41.6 Å². The van der Waals surface area contributed by atoms with E-state index in [1.165, 1.54) is 11.3 Å². The first kappa shape index (κ1) is 24.5. The zero-order chi connectivity index (χ0) is 24.9. The zero-order valence-corrected chi connectivity index (χ0v) is 21.4. The summed E-state index contributed by atoms with van der Waals surface area (Å²) in [6.07, 6.45) is 2.45. The Labute approximate surface area is 214 Å². The van der Waals surface area contributed by atoms with Crippen LogP contribution in [0.1, 0.15) is 30.0 Å². The standard InChI is InChI=1S/C25H31N7O3S/c1-3-35-24(17-6-4-7-19(12-17)32-15-20(16-32)34-2)21(33)13-23-29-30-25(36-23)27-18-9-11-31(14-18)22-8-5-10-26-28-22/h4-8,10,12,18,20,24H,3,9,11,13-16H2,1-2H3,(H,27,30)/t18-,24-/m1/s1. The van der Waals surface area contributed by atoms with Crippen molar-refractivity contribution in [2.24, 2.45) is 0 Å². The highest BCUT2D eigenvalue weighted by atomic mass is 32.1. The summed E-state index contributed by atoms with van der Waals surface area (Å²) < 4.78 is 11.3. The fourth-order valence-corrected chi connectivity index (χ4v) is 5.40. The SMILES string of the molecule is CCO[C@@H](C(=O)Cc1nnc(N[C@@H]2CCN(c3cccnn3)C2)s1)c1cccc(N2CC(OC)C2)c1. The molecule has 2 atom stereocenters. The molecule has 10 nitrogen and oxygen atoms in total. The minimum Gasteiger partial charge on any atom is -0.378 e. The highest BCUT2D eigenvalue weighted by Crippen LogP contribution is 2.29. The van der Waals surface area contributed by atoms with E-state index in [1.54, 1.807) is 13.3 Å². The summed E-state index contributed by atoms with van der Waals surface area (Å²) in [5, 5.41) is 21.6. The largest absolute Gasteiger partial charge is 0.378 e. The van der Waals surface area contributed by atoms with Gasteiger partial charge in [0.15, 0.2) is 11.6 Å². The number of Topliss-reactive ketones (excluding diaryl/α,β-unsaturated/α-hetero) is 1. The number of hydrogen-bond acceptors (Lipinski definition) is 11. The van der Waals surface area contributed by atoms with E-state index >= 15 is 0 Å². The maximum absolute atomic E-state index is 13.3. The molecular formula is C25H31N7O3S. The van der Waals surface area contributed by atoms with Gasteiger partial charge in [-0.2, -0.15) is 5.10 Å². The quantitative estimate of drug-likeness (QED) is 0.415. The van der Waals surface area contributed by atoms with Crippen molar-refractivity contribution >= 4 is 33.8 Å². The Hall–Kier alpha value is -3.15. The van der Waals surface area contributed by atoms with Crippen LogP contribution in [-0.2, 0) is 20.7 Å². The van der Waals surface area contributed by atoms with Crippen molar-refractivity contribution in [3.63, 3.8) is 0 Å². The number of hydrogen-bond donors (Lipinski definition) is 1. The third-order valence-corrected chi connectivity index (χ3v) is 7.39. The summed E-state index contributed by atoms with van der Waals surface area (Å²) in [6, 6.07) is 12.1. The molecule has 2 fully saturated rings. The molecule has 3 aromatic rings. The maximum Gasteiger partial charge on any atom is 0.205 e. The number of nitrogens with zero attached hydrogens (tertiary/aromatic N) is 6. The zero-order valence-electron chi connectivity index (χ0n) is 20.5. The van der Waals surface area contributed by atoms with Crippen LogP contribution < -0.4 is 15.1 Å². The van der Waals surface area contributed by atoms with Gasteiger partial charge in [0.1, 0.15) is 11.1 Å². The van der Waals surface area contributed by atoms with E-state index in [1.807, 2.05) is 37.3 Å². The predicted molar refractivity (Wildman–Crippen MR) is 139 cm³/mol. The number of methoxy groups -OCH3 is 1. The topological polar surface area (TPSA) is 106 Å². The number of nitrogens with one attached hydrogen (secondary N) is 1. The summed E-state index contributed by atoms with van der Waals surface area (Å²) in [7, 11) is 1.74. The molecule has 0 amide bonds. The molecule has 0 bridgehead atoms. The van der Waals surface area contributed by atoms with Gasteiger partial charge in [-0.15, -0.1) is 15.3 Å². The number of anilines is 3. The number of aromatic nitrogens is 4. The molecule has 0 radical (unpaired) electrons. The van der Waals surface area contributed by atoms with Crippen molar-refractivity contribution in [2.75, 3.05) is 55.0 Å². The van der Waals surface area contributed by atoms with Gasteiger partial charge in [0, 0.05) is 57.8 Å². The lowest BCUT2D eigenvalue weighted by Crippen LogP contribution is -2.51. The van der Waals surface area contributed by atoms with Gasteiger partial charge in [-0.25, -0.2) is 0 Å². The fourth-order valence-electron chi connectivity index (χ4n) is 4.57. The van der Waals surface area contributed by atoms with Crippen LogP contribution in [0, 0.1) is 0 Å². The molecule has 2 aliphatic rings. The molecule has 1 aromatic carbocycles. The molecule has 0 aliphatic carbocycles. The third-order valence-electron chi connectivity index (χ3n) is 6.54. The van der Waals surface area contributed by atoms with Gasteiger partial charge in [0.2, 0.25) is 5.13 Å². The Bertz CT molecular complexity index is 1160. The number of ether oxygens (including phenoxy) is 2. The molecule has 4 heterocycles. The molecule has 0 saturated carbocycles. The predicted octanol–water partition coefficient (Wildman–Crippen LogP) is 2.74. The molecule has 190 valence electrons. The van der Waals surface area contributed by atoms with Crippen LogP contribution in [0.2, 0.25) is 0 Å². The normalized spacial score (nSPS) is 18.8.